The second-order valence-corrected chi connectivity index (χ2v) is 8.68. The van der Waals surface area contributed by atoms with E-state index in [-0.39, 0.29) is 18.5 Å². The third kappa shape index (κ3) is 6.03. The van der Waals surface area contributed by atoms with Gasteiger partial charge in [0, 0.05) is 6.54 Å². The molecule has 4 rings (SSSR count). The number of benzene rings is 2. The van der Waals surface area contributed by atoms with E-state index in [0.29, 0.717) is 30.7 Å². The van der Waals surface area contributed by atoms with Crippen LogP contribution in [-0.4, -0.2) is 47.6 Å². The molecule has 174 valence electrons. The van der Waals surface area contributed by atoms with Crippen LogP contribution in [0.1, 0.15) is 42.9 Å². The van der Waals surface area contributed by atoms with E-state index >= 15 is 0 Å². The molecule has 0 saturated heterocycles. The van der Waals surface area contributed by atoms with Crippen molar-refractivity contribution in [2.24, 2.45) is 16.8 Å². The van der Waals surface area contributed by atoms with Crippen LogP contribution in [0.2, 0.25) is 0 Å². The van der Waals surface area contributed by atoms with Crippen LogP contribution in [0.15, 0.2) is 59.6 Å². The molecule has 2 aromatic carbocycles. The number of urea groups is 1. The van der Waals surface area contributed by atoms with Gasteiger partial charge in [-0.05, 0) is 60.8 Å². The van der Waals surface area contributed by atoms with Gasteiger partial charge in [-0.2, -0.15) is 4.99 Å². The zero-order valence-electron chi connectivity index (χ0n) is 18.3. The maximum absolute atomic E-state index is 13.6. The normalized spacial score (nSPS) is 23.6. The average Bonchev–Trinajstić information content (AvgIpc) is 2.81. The summed E-state index contributed by atoms with van der Waals surface area (Å²) in [4.78, 5) is 27.4. The van der Waals surface area contributed by atoms with Gasteiger partial charge in [0.25, 0.3) is 0 Å². The quantitative estimate of drug-likeness (QED) is 0.625. The number of hydrogen-bond acceptors (Lipinski definition) is 4. The summed E-state index contributed by atoms with van der Waals surface area (Å²) >= 11 is 0. The summed E-state index contributed by atoms with van der Waals surface area (Å²) in [6.45, 7) is 0.839. The number of ether oxygens (including phenoxy) is 1. The number of carbonyl (C=O) groups is 2. The minimum absolute atomic E-state index is 0.263. The molecule has 2 amide bonds. The fraction of sp³-hybridized carbons (Fsp3) is 0.400. The summed E-state index contributed by atoms with van der Waals surface area (Å²) in [5.74, 6) is -0.552. The van der Waals surface area contributed by atoms with E-state index in [4.69, 9.17) is 9.84 Å². The van der Waals surface area contributed by atoms with Crippen LogP contribution in [0, 0.1) is 17.7 Å². The Hall–Kier alpha value is -3.10. The standard InChI is InChI=1S/C25H28FN3O4/c26-21-12-10-20(11-13-21)24-23(19-4-2-1-3-5-19)27-25(32)28-29(24)14-17-6-8-18(9-7-17)15-33-16-22(30)31/h1-5,10-13,17-18,24H,6-9,14-16H2,(H,28,32)(H,30,31)/t17-,18-,24?. The lowest BCUT2D eigenvalue weighted by Gasteiger charge is -2.39. The first-order chi connectivity index (χ1) is 16.0. The van der Waals surface area contributed by atoms with Crippen molar-refractivity contribution in [3.63, 3.8) is 0 Å². The molecule has 33 heavy (non-hydrogen) atoms. The molecule has 2 N–H and O–H groups in total. The van der Waals surface area contributed by atoms with Crippen molar-refractivity contribution < 1.29 is 23.8 Å². The largest absolute Gasteiger partial charge is 0.480 e. The Bertz CT molecular complexity index is 988. The Morgan fingerprint density at radius 3 is 2.39 bits per heavy atom. The molecule has 2 aromatic rings. The van der Waals surface area contributed by atoms with Crippen LogP contribution in [0.25, 0.3) is 0 Å². The maximum Gasteiger partial charge on any atom is 0.355 e. The maximum atomic E-state index is 13.6. The van der Waals surface area contributed by atoms with Gasteiger partial charge in [0.15, 0.2) is 0 Å². The number of nitrogens with zero attached hydrogens (tertiary/aromatic N) is 2. The van der Waals surface area contributed by atoms with E-state index < -0.39 is 12.0 Å². The molecule has 1 unspecified atom stereocenters. The number of aliphatic imine (C=N–C) groups is 1. The molecule has 2 aliphatic rings. The van der Waals surface area contributed by atoms with E-state index in [2.05, 4.69) is 10.4 Å². The number of hydrazine groups is 1. The van der Waals surface area contributed by atoms with Crippen LogP contribution in [0.4, 0.5) is 9.18 Å². The molecule has 0 aromatic heterocycles. The molecule has 1 fully saturated rings. The van der Waals surface area contributed by atoms with Gasteiger partial charge in [0.1, 0.15) is 12.4 Å². The predicted octanol–water partition coefficient (Wildman–Crippen LogP) is 4.20. The summed E-state index contributed by atoms with van der Waals surface area (Å²) in [7, 11) is 0. The predicted molar refractivity (Wildman–Crippen MR) is 121 cm³/mol. The summed E-state index contributed by atoms with van der Waals surface area (Å²) in [6, 6.07) is 15.2. The zero-order valence-corrected chi connectivity index (χ0v) is 18.3. The summed E-state index contributed by atoms with van der Waals surface area (Å²) < 4.78 is 18.9. The zero-order chi connectivity index (χ0) is 23.2. The summed E-state index contributed by atoms with van der Waals surface area (Å²) in [5.41, 5.74) is 5.26. The van der Waals surface area contributed by atoms with Crippen LogP contribution in [0.5, 0.6) is 0 Å². The topological polar surface area (TPSA) is 91.2 Å². The molecule has 1 atom stereocenters. The van der Waals surface area contributed by atoms with Crippen molar-refractivity contribution in [2.45, 2.75) is 31.7 Å². The molecule has 1 heterocycles. The van der Waals surface area contributed by atoms with E-state index in [1.807, 2.05) is 35.3 Å². The van der Waals surface area contributed by atoms with Crippen LogP contribution in [-0.2, 0) is 9.53 Å². The Labute approximate surface area is 192 Å². The lowest BCUT2D eigenvalue weighted by molar-refractivity contribution is -0.142. The molecule has 1 saturated carbocycles. The van der Waals surface area contributed by atoms with E-state index in [1.54, 1.807) is 12.1 Å². The second kappa shape index (κ2) is 10.7. The van der Waals surface area contributed by atoms with Gasteiger partial charge in [-0.1, -0.05) is 42.5 Å². The highest BCUT2D eigenvalue weighted by atomic mass is 19.1. The van der Waals surface area contributed by atoms with Crippen LogP contribution in [0.3, 0.4) is 0 Å². The Morgan fingerprint density at radius 1 is 1.06 bits per heavy atom. The SMILES string of the molecule is O=C(O)COC[C@H]1CC[C@H](CN2NC(=O)N=C(c3ccccc3)C2c2ccc(F)cc2)CC1. The third-order valence-corrected chi connectivity index (χ3v) is 6.29. The smallest absolute Gasteiger partial charge is 0.355 e. The number of halogens is 1. The Kier molecular flexibility index (Phi) is 7.47. The molecule has 0 spiro atoms. The Morgan fingerprint density at radius 2 is 1.73 bits per heavy atom. The van der Waals surface area contributed by atoms with Crippen molar-refractivity contribution in [1.29, 1.82) is 0 Å². The van der Waals surface area contributed by atoms with Gasteiger partial charge in [-0.15, -0.1) is 0 Å². The first-order valence-corrected chi connectivity index (χ1v) is 11.3. The lowest BCUT2D eigenvalue weighted by atomic mass is 9.82. The Balaban J connectivity index is 1.49. The van der Waals surface area contributed by atoms with Crippen molar-refractivity contribution in [2.75, 3.05) is 19.8 Å². The average molecular weight is 454 g/mol. The van der Waals surface area contributed by atoms with Crippen molar-refractivity contribution >= 4 is 17.7 Å². The number of aliphatic carboxylic acids is 1. The van der Waals surface area contributed by atoms with Crippen molar-refractivity contribution in [3.8, 4) is 0 Å². The van der Waals surface area contributed by atoms with Crippen molar-refractivity contribution in [3.05, 3.63) is 71.5 Å². The highest BCUT2D eigenvalue weighted by Crippen LogP contribution is 2.33. The van der Waals surface area contributed by atoms with Crippen molar-refractivity contribution in [1.82, 2.24) is 10.4 Å². The van der Waals surface area contributed by atoms with E-state index in [1.165, 1.54) is 12.1 Å². The molecule has 7 nitrogen and oxygen atoms in total. The van der Waals surface area contributed by atoms with Crippen LogP contribution < -0.4 is 5.43 Å². The summed E-state index contributed by atoms with van der Waals surface area (Å²) in [5, 5.41) is 10.7. The molecule has 1 aliphatic heterocycles. The monoisotopic (exact) mass is 453 g/mol. The first kappa shape index (κ1) is 23.1. The molecule has 8 heteroatoms. The second-order valence-electron chi connectivity index (χ2n) is 8.68. The van der Waals surface area contributed by atoms with Gasteiger partial charge < -0.3 is 9.84 Å². The summed E-state index contributed by atoms with van der Waals surface area (Å²) in [6.07, 6.45) is 3.82. The lowest BCUT2D eigenvalue weighted by Crippen LogP contribution is -2.52. The number of nitrogens with one attached hydrogen (secondary N) is 1. The molecule has 0 bridgehead atoms. The molecular weight excluding hydrogens is 425 g/mol. The van der Waals surface area contributed by atoms with Gasteiger partial charge >= 0.3 is 12.0 Å². The number of rotatable bonds is 8. The van der Waals surface area contributed by atoms with E-state index in [9.17, 15) is 14.0 Å². The van der Waals surface area contributed by atoms with Gasteiger partial charge in [0.2, 0.25) is 0 Å². The van der Waals surface area contributed by atoms with Gasteiger partial charge in [-0.3, -0.25) is 5.43 Å². The highest BCUT2D eigenvalue weighted by molar-refractivity contribution is 6.10. The van der Waals surface area contributed by atoms with Crippen LogP contribution >= 0.6 is 0 Å². The fourth-order valence-electron chi connectivity index (χ4n) is 4.67. The number of carboxylic acids is 1. The van der Waals surface area contributed by atoms with Gasteiger partial charge in [0.05, 0.1) is 18.4 Å². The number of hydrogen-bond donors (Lipinski definition) is 2. The molecule has 1 aliphatic carbocycles. The third-order valence-electron chi connectivity index (χ3n) is 6.29. The number of carbonyl (C=O) groups excluding carboxylic acids is 1. The first-order valence-electron chi connectivity index (χ1n) is 11.3. The van der Waals surface area contributed by atoms with E-state index in [0.717, 1.165) is 36.8 Å². The minimum atomic E-state index is -0.952. The minimum Gasteiger partial charge on any atom is -0.480 e. The fourth-order valence-corrected chi connectivity index (χ4v) is 4.67. The number of amides is 2. The van der Waals surface area contributed by atoms with Gasteiger partial charge in [-0.25, -0.2) is 19.0 Å². The highest BCUT2D eigenvalue weighted by Gasteiger charge is 2.35. The molecule has 0 radical (unpaired) electrons. The number of carboxylic acid groups (broad SMARTS) is 1. The molecular formula is C25H28FN3O4.